The van der Waals surface area contributed by atoms with E-state index < -0.39 is 0 Å². The van der Waals surface area contributed by atoms with Crippen LogP contribution in [0.4, 0.5) is 0 Å². The quantitative estimate of drug-likeness (QED) is 0.466. The second-order valence-electron chi connectivity index (χ2n) is 5.42. The van der Waals surface area contributed by atoms with Crippen molar-refractivity contribution in [2.45, 2.75) is 78.2 Å². The summed E-state index contributed by atoms with van der Waals surface area (Å²) in [6.45, 7) is 6.47. The van der Waals surface area contributed by atoms with Gasteiger partial charge < -0.3 is 4.74 Å². The fourth-order valence-corrected chi connectivity index (χ4v) is 2.76. The Balaban J connectivity index is 2.36. The van der Waals surface area contributed by atoms with Crippen molar-refractivity contribution in [1.82, 2.24) is 0 Å². The summed E-state index contributed by atoms with van der Waals surface area (Å²) in [6, 6.07) is 0. The number of carbonyl (C=O) groups excluding carboxylic acids is 1. The molecule has 1 fully saturated rings. The van der Waals surface area contributed by atoms with Gasteiger partial charge in [0.2, 0.25) is 0 Å². The molecule has 100 valence electrons. The molecule has 1 heterocycles. The molecule has 0 aromatic heterocycles. The van der Waals surface area contributed by atoms with E-state index in [0.29, 0.717) is 5.92 Å². The summed E-state index contributed by atoms with van der Waals surface area (Å²) >= 11 is 0. The van der Waals surface area contributed by atoms with E-state index in [0.717, 1.165) is 12.8 Å². The van der Waals surface area contributed by atoms with Crippen LogP contribution in [0.3, 0.4) is 0 Å². The second kappa shape index (κ2) is 7.73. The highest BCUT2D eigenvalue weighted by Gasteiger charge is 2.40. The second-order valence-corrected chi connectivity index (χ2v) is 5.42. The molecule has 1 aliphatic heterocycles. The van der Waals surface area contributed by atoms with Gasteiger partial charge in [-0.05, 0) is 19.3 Å². The van der Waals surface area contributed by atoms with Gasteiger partial charge in [-0.3, -0.25) is 4.79 Å². The Labute approximate surface area is 106 Å². The van der Waals surface area contributed by atoms with Crippen LogP contribution in [-0.2, 0) is 9.53 Å². The predicted molar refractivity (Wildman–Crippen MR) is 70.8 cm³/mol. The number of carbonyl (C=O) groups is 1. The van der Waals surface area contributed by atoms with E-state index in [4.69, 9.17) is 4.74 Å². The molecule has 17 heavy (non-hydrogen) atoms. The summed E-state index contributed by atoms with van der Waals surface area (Å²) < 4.78 is 5.52. The molecule has 0 aromatic carbocycles. The normalized spacial score (nSPS) is 28.4. The lowest BCUT2D eigenvalue weighted by Crippen LogP contribution is -2.19. The first-order valence-corrected chi connectivity index (χ1v) is 7.41. The molecule has 0 radical (unpaired) electrons. The van der Waals surface area contributed by atoms with E-state index in [9.17, 15) is 4.79 Å². The highest BCUT2D eigenvalue weighted by Crippen LogP contribution is 2.34. The van der Waals surface area contributed by atoms with Crippen LogP contribution in [0.5, 0.6) is 0 Å². The average molecular weight is 240 g/mol. The molecule has 2 heteroatoms. The SMILES string of the molecule is CCCCCCC1OC(=O)C(C)C1CCCC. The largest absolute Gasteiger partial charge is 0.462 e. The molecule has 0 spiro atoms. The van der Waals surface area contributed by atoms with Gasteiger partial charge >= 0.3 is 5.97 Å². The maximum atomic E-state index is 11.6. The first kappa shape index (κ1) is 14.5. The maximum Gasteiger partial charge on any atom is 0.309 e. The maximum absolute atomic E-state index is 11.6. The molecule has 0 aromatic rings. The molecule has 1 saturated heterocycles. The fraction of sp³-hybridized carbons (Fsp3) is 0.933. The van der Waals surface area contributed by atoms with Crippen molar-refractivity contribution < 1.29 is 9.53 Å². The number of esters is 1. The molecule has 0 aliphatic carbocycles. The van der Waals surface area contributed by atoms with Crippen molar-refractivity contribution in [3.63, 3.8) is 0 Å². The van der Waals surface area contributed by atoms with Gasteiger partial charge in [-0.25, -0.2) is 0 Å². The molecule has 1 rings (SSSR count). The smallest absolute Gasteiger partial charge is 0.309 e. The van der Waals surface area contributed by atoms with Crippen LogP contribution < -0.4 is 0 Å². The van der Waals surface area contributed by atoms with Gasteiger partial charge in [-0.2, -0.15) is 0 Å². The van der Waals surface area contributed by atoms with E-state index in [2.05, 4.69) is 13.8 Å². The lowest BCUT2D eigenvalue weighted by atomic mass is 9.85. The first-order chi connectivity index (χ1) is 8.20. The Kier molecular flexibility index (Phi) is 6.61. The molecule has 3 atom stereocenters. The van der Waals surface area contributed by atoms with Crippen LogP contribution >= 0.6 is 0 Å². The van der Waals surface area contributed by atoms with Gasteiger partial charge in [-0.15, -0.1) is 0 Å². The topological polar surface area (TPSA) is 26.3 Å². The van der Waals surface area contributed by atoms with E-state index in [1.165, 1.54) is 38.5 Å². The molecule has 2 nitrogen and oxygen atoms in total. The van der Waals surface area contributed by atoms with Crippen molar-refractivity contribution in [1.29, 1.82) is 0 Å². The zero-order valence-electron chi connectivity index (χ0n) is 11.7. The third-order valence-corrected chi connectivity index (χ3v) is 3.99. The average Bonchev–Trinajstić information content (AvgIpc) is 2.59. The number of hydrogen-bond donors (Lipinski definition) is 0. The third-order valence-electron chi connectivity index (χ3n) is 3.99. The first-order valence-electron chi connectivity index (χ1n) is 7.41. The zero-order valence-corrected chi connectivity index (χ0v) is 11.7. The number of rotatable bonds is 8. The van der Waals surface area contributed by atoms with E-state index in [-0.39, 0.29) is 18.0 Å². The summed E-state index contributed by atoms with van der Waals surface area (Å²) in [5.74, 6) is 0.633. The molecule has 1 aliphatic rings. The van der Waals surface area contributed by atoms with E-state index in [1.807, 2.05) is 6.92 Å². The lowest BCUT2D eigenvalue weighted by molar-refractivity contribution is -0.144. The van der Waals surface area contributed by atoms with Gasteiger partial charge in [-0.1, -0.05) is 52.9 Å². The van der Waals surface area contributed by atoms with E-state index >= 15 is 0 Å². The van der Waals surface area contributed by atoms with Crippen LogP contribution in [0.25, 0.3) is 0 Å². The number of cyclic esters (lactones) is 1. The molecule has 0 bridgehead atoms. The molecule has 3 unspecified atom stereocenters. The Bertz CT molecular complexity index is 225. The highest BCUT2D eigenvalue weighted by molar-refractivity contribution is 5.74. The molecule has 0 saturated carbocycles. The standard InChI is InChI=1S/C15H28O2/c1-4-6-8-9-11-14-13(10-7-5-2)12(3)15(16)17-14/h12-14H,4-11H2,1-3H3. The molecule has 0 N–H and O–H groups in total. The molecular formula is C15H28O2. The van der Waals surface area contributed by atoms with Crippen LogP contribution in [0.2, 0.25) is 0 Å². The van der Waals surface area contributed by atoms with Gasteiger partial charge in [0.05, 0.1) is 5.92 Å². The van der Waals surface area contributed by atoms with Crippen molar-refractivity contribution in [3.8, 4) is 0 Å². The highest BCUT2D eigenvalue weighted by atomic mass is 16.6. The third kappa shape index (κ3) is 4.33. The molecule has 0 amide bonds. The van der Waals surface area contributed by atoms with Crippen LogP contribution in [0.15, 0.2) is 0 Å². The number of unbranched alkanes of at least 4 members (excludes halogenated alkanes) is 4. The summed E-state index contributed by atoms with van der Waals surface area (Å²) in [4.78, 5) is 11.6. The Morgan fingerprint density at radius 2 is 1.71 bits per heavy atom. The van der Waals surface area contributed by atoms with E-state index in [1.54, 1.807) is 0 Å². The van der Waals surface area contributed by atoms with Gasteiger partial charge in [0.25, 0.3) is 0 Å². The Hall–Kier alpha value is -0.530. The van der Waals surface area contributed by atoms with Gasteiger partial charge in [0.15, 0.2) is 0 Å². The summed E-state index contributed by atoms with van der Waals surface area (Å²) in [5, 5.41) is 0. The van der Waals surface area contributed by atoms with Crippen molar-refractivity contribution in [2.24, 2.45) is 11.8 Å². The number of ether oxygens (including phenoxy) is 1. The minimum Gasteiger partial charge on any atom is -0.462 e. The van der Waals surface area contributed by atoms with Crippen molar-refractivity contribution in [3.05, 3.63) is 0 Å². The molecular weight excluding hydrogens is 212 g/mol. The van der Waals surface area contributed by atoms with Crippen molar-refractivity contribution in [2.75, 3.05) is 0 Å². The summed E-state index contributed by atoms with van der Waals surface area (Å²) in [5.41, 5.74) is 0. The Morgan fingerprint density at radius 3 is 2.35 bits per heavy atom. The summed E-state index contributed by atoms with van der Waals surface area (Å²) in [6.07, 6.45) is 9.92. The summed E-state index contributed by atoms with van der Waals surface area (Å²) in [7, 11) is 0. The van der Waals surface area contributed by atoms with Crippen molar-refractivity contribution >= 4 is 5.97 Å². The fourth-order valence-electron chi connectivity index (χ4n) is 2.76. The van der Waals surface area contributed by atoms with Crippen LogP contribution in [-0.4, -0.2) is 12.1 Å². The van der Waals surface area contributed by atoms with Crippen LogP contribution in [0, 0.1) is 11.8 Å². The predicted octanol–water partition coefficient (Wildman–Crippen LogP) is 4.32. The van der Waals surface area contributed by atoms with Gasteiger partial charge in [0, 0.05) is 5.92 Å². The Morgan fingerprint density at radius 1 is 1.00 bits per heavy atom. The number of hydrogen-bond acceptors (Lipinski definition) is 2. The van der Waals surface area contributed by atoms with Gasteiger partial charge in [0.1, 0.15) is 6.10 Å². The monoisotopic (exact) mass is 240 g/mol. The van der Waals surface area contributed by atoms with Crippen LogP contribution in [0.1, 0.15) is 72.1 Å². The zero-order chi connectivity index (χ0) is 12.7. The minimum atomic E-state index is 0.0339. The minimum absolute atomic E-state index is 0.0339. The lowest BCUT2D eigenvalue weighted by Gasteiger charge is -2.19.